The highest BCUT2D eigenvalue weighted by molar-refractivity contribution is 7.99. The Kier molecular flexibility index (Phi) is 3.33. The maximum absolute atomic E-state index is 13.2. The number of hydrogen-bond donors (Lipinski definition) is 1. The van der Waals surface area contributed by atoms with Crippen LogP contribution in [0.25, 0.3) is 11.0 Å². The molecule has 0 radical (unpaired) electrons. The van der Waals surface area contributed by atoms with Gasteiger partial charge in [-0.25, -0.2) is 13.8 Å². The molecule has 6 heteroatoms. The molecule has 1 heterocycles. The Balaban J connectivity index is 2.38. The van der Waals surface area contributed by atoms with Gasteiger partial charge < -0.3 is 10.3 Å². The lowest BCUT2D eigenvalue weighted by Crippen LogP contribution is -2.34. The lowest BCUT2D eigenvalue weighted by molar-refractivity contribution is 0.510. The van der Waals surface area contributed by atoms with Crippen LogP contribution in [0.2, 0.25) is 0 Å². The minimum Gasteiger partial charge on any atom is -0.325 e. The summed E-state index contributed by atoms with van der Waals surface area (Å²) in [6, 6.07) is 2.28. The fourth-order valence-corrected chi connectivity index (χ4v) is 2.50. The summed E-state index contributed by atoms with van der Waals surface area (Å²) in [5.74, 6) is -1.06. The molecule has 0 amide bonds. The SMILES string of the molecule is Cn1c(SCC(C)(C)N)nc2cc(F)c(F)cc21. The van der Waals surface area contributed by atoms with E-state index >= 15 is 0 Å². The van der Waals surface area contributed by atoms with E-state index in [0.717, 1.165) is 12.1 Å². The number of nitrogens with zero attached hydrogens (tertiary/aromatic N) is 2. The lowest BCUT2D eigenvalue weighted by Gasteiger charge is -2.16. The molecule has 18 heavy (non-hydrogen) atoms. The molecule has 0 fully saturated rings. The molecule has 2 N–H and O–H groups in total. The standard InChI is InChI=1S/C12H15F2N3S/c1-12(2,15)6-18-11-16-9-4-7(13)8(14)5-10(9)17(11)3/h4-5H,6,15H2,1-3H3. The first-order chi connectivity index (χ1) is 8.28. The Morgan fingerprint density at radius 3 is 2.56 bits per heavy atom. The monoisotopic (exact) mass is 271 g/mol. The van der Waals surface area contributed by atoms with E-state index in [-0.39, 0.29) is 5.54 Å². The van der Waals surface area contributed by atoms with Crippen LogP contribution >= 0.6 is 11.8 Å². The number of imidazole rings is 1. The molecule has 3 nitrogen and oxygen atoms in total. The van der Waals surface area contributed by atoms with Crippen molar-refractivity contribution >= 4 is 22.8 Å². The zero-order valence-electron chi connectivity index (χ0n) is 10.5. The average molecular weight is 271 g/mol. The normalized spacial score (nSPS) is 12.3. The number of nitrogens with two attached hydrogens (primary N) is 1. The van der Waals surface area contributed by atoms with Gasteiger partial charge in [-0.15, -0.1) is 0 Å². The van der Waals surface area contributed by atoms with Gasteiger partial charge in [-0.1, -0.05) is 11.8 Å². The highest BCUT2D eigenvalue weighted by Crippen LogP contribution is 2.26. The van der Waals surface area contributed by atoms with Gasteiger partial charge in [0.1, 0.15) is 0 Å². The second-order valence-corrected chi connectivity index (χ2v) is 5.93. The smallest absolute Gasteiger partial charge is 0.168 e. The number of rotatable bonds is 3. The van der Waals surface area contributed by atoms with Gasteiger partial charge in [-0.05, 0) is 13.8 Å². The molecule has 2 aromatic rings. The van der Waals surface area contributed by atoms with E-state index in [1.807, 2.05) is 13.8 Å². The fourth-order valence-electron chi connectivity index (χ4n) is 1.54. The van der Waals surface area contributed by atoms with E-state index in [4.69, 9.17) is 5.73 Å². The predicted molar refractivity (Wildman–Crippen MR) is 69.6 cm³/mol. The second kappa shape index (κ2) is 4.51. The molecule has 2 rings (SSSR count). The summed E-state index contributed by atoms with van der Waals surface area (Å²) in [5.41, 5.74) is 6.61. The maximum atomic E-state index is 13.2. The van der Waals surface area contributed by atoms with Crippen molar-refractivity contribution in [1.82, 2.24) is 9.55 Å². The number of halogens is 2. The molecule has 0 spiro atoms. The summed E-state index contributed by atoms with van der Waals surface area (Å²) in [7, 11) is 1.78. The van der Waals surface area contributed by atoms with Crippen molar-refractivity contribution in [3.8, 4) is 0 Å². The van der Waals surface area contributed by atoms with Gasteiger partial charge in [-0.2, -0.15) is 0 Å². The highest BCUT2D eigenvalue weighted by Gasteiger charge is 2.16. The van der Waals surface area contributed by atoms with Gasteiger partial charge in [0, 0.05) is 30.5 Å². The number of aryl methyl sites for hydroxylation is 1. The summed E-state index contributed by atoms with van der Waals surface area (Å²) < 4.78 is 28.0. The molecule has 1 aromatic carbocycles. The molecule has 0 aliphatic carbocycles. The van der Waals surface area contributed by atoms with Crippen LogP contribution in [0.3, 0.4) is 0 Å². The number of thioether (sulfide) groups is 1. The Hall–Kier alpha value is -1.14. The van der Waals surface area contributed by atoms with Crippen LogP contribution in [0.15, 0.2) is 17.3 Å². The van der Waals surface area contributed by atoms with Crippen LogP contribution in [-0.2, 0) is 7.05 Å². The van der Waals surface area contributed by atoms with Crippen molar-refractivity contribution in [2.75, 3.05) is 5.75 Å². The van der Waals surface area contributed by atoms with Crippen molar-refractivity contribution in [2.24, 2.45) is 12.8 Å². The van der Waals surface area contributed by atoms with Crippen molar-refractivity contribution in [3.63, 3.8) is 0 Å². The molecule has 98 valence electrons. The third-order valence-corrected chi connectivity index (χ3v) is 3.97. The minimum absolute atomic E-state index is 0.320. The van der Waals surface area contributed by atoms with Gasteiger partial charge in [0.15, 0.2) is 16.8 Å². The zero-order valence-corrected chi connectivity index (χ0v) is 11.3. The van der Waals surface area contributed by atoms with E-state index in [9.17, 15) is 8.78 Å². The molecule has 0 bridgehead atoms. The van der Waals surface area contributed by atoms with E-state index in [0.29, 0.717) is 21.9 Å². The summed E-state index contributed by atoms with van der Waals surface area (Å²) in [6.45, 7) is 3.84. The van der Waals surface area contributed by atoms with Gasteiger partial charge in [-0.3, -0.25) is 0 Å². The molecular weight excluding hydrogens is 256 g/mol. The molecule has 0 saturated carbocycles. The third kappa shape index (κ3) is 2.64. The quantitative estimate of drug-likeness (QED) is 0.873. The summed E-state index contributed by atoms with van der Waals surface area (Å²) >= 11 is 1.47. The van der Waals surface area contributed by atoms with Crippen LogP contribution in [0.5, 0.6) is 0 Å². The largest absolute Gasteiger partial charge is 0.325 e. The number of aromatic nitrogens is 2. The average Bonchev–Trinajstić information content (AvgIpc) is 2.53. The van der Waals surface area contributed by atoms with Crippen molar-refractivity contribution in [2.45, 2.75) is 24.5 Å². The van der Waals surface area contributed by atoms with Crippen LogP contribution in [0.1, 0.15) is 13.8 Å². The first-order valence-corrected chi connectivity index (χ1v) is 6.49. The maximum Gasteiger partial charge on any atom is 0.168 e. The Morgan fingerprint density at radius 2 is 1.94 bits per heavy atom. The topological polar surface area (TPSA) is 43.8 Å². The van der Waals surface area contributed by atoms with E-state index in [2.05, 4.69) is 4.98 Å². The summed E-state index contributed by atoms with van der Waals surface area (Å²) in [5, 5.41) is 0.702. The van der Waals surface area contributed by atoms with Crippen molar-refractivity contribution in [3.05, 3.63) is 23.8 Å². The summed E-state index contributed by atoms with van der Waals surface area (Å²) in [4.78, 5) is 4.28. The Morgan fingerprint density at radius 1 is 1.33 bits per heavy atom. The zero-order chi connectivity index (χ0) is 13.5. The van der Waals surface area contributed by atoms with Crippen LogP contribution in [0, 0.1) is 11.6 Å². The lowest BCUT2D eigenvalue weighted by atomic mass is 10.1. The van der Waals surface area contributed by atoms with Crippen LogP contribution < -0.4 is 5.73 Å². The highest BCUT2D eigenvalue weighted by atomic mass is 32.2. The first-order valence-electron chi connectivity index (χ1n) is 5.51. The van der Waals surface area contributed by atoms with E-state index in [1.54, 1.807) is 11.6 Å². The van der Waals surface area contributed by atoms with Crippen molar-refractivity contribution < 1.29 is 8.78 Å². The van der Waals surface area contributed by atoms with E-state index < -0.39 is 11.6 Å². The Bertz CT molecular complexity index is 587. The van der Waals surface area contributed by atoms with Crippen LogP contribution in [0.4, 0.5) is 8.78 Å². The molecular formula is C12H15F2N3S. The van der Waals surface area contributed by atoms with Gasteiger partial charge >= 0.3 is 0 Å². The number of benzene rings is 1. The Labute approximate surface area is 108 Å². The molecule has 0 unspecified atom stereocenters. The number of fused-ring (bicyclic) bond motifs is 1. The first kappa shape index (κ1) is 13.3. The van der Waals surface area contributed by atoms with Gasteiger partial charge in [0.2, 0.25) is 0 Å². The molecule has 0 atom stereocenters. The molecule has 0 aliphatic heterocycles. The fraction of sp³-hybridized carbons (Fsp3) is 0.417. The van der Waals surface area contributed by atoms with Crippen LogP contribution in [-0.4, -0.2) is 20.8 Å². The van der Waals surface area contributed by atoms with Gasteiger partial charge in [0.25, 0.3) is 0 Å². The molecule has 0 saturated heterocycles. The predicted octanol–water partition coefficient (Wildman–Crippen LogP) is 2.68. The minimum atomic E-state index is -0.878. The van der Waals surface area contributed by atoms with Gasteiger partial charge in [0.05, 0.1) is 11.0 Å². The molecule has 0 aliphatic rings. The third-order valence-electron chi connectivity index (χ3n) is 2.46. The second-order valence-electron chi connectivity index (χ2n) is 4.99. The van der Waals surface area contributed by atoms with Crippen molar-refractivity contribution in [1.29, 1.82) is 0 Å². The molecule has 1 aromatic heterocycles. The summed E-state index contributed by atoms with van der Waals surface area (Å²) in [6.07, 6.45) is 0. The van der Waals surface area contributed by atoms with E-state index in [1.165, 1.54) is 11.8 Å². The number of hydrogen-bond acceptors (Lipinski definition) is 3.